The third-order valence-electron chi connectivity index (χ3n) is 4.88. The van der Waals surface area contributed by atoms with Crippen LogP contribution in [0.4, 0.5) is 0 Å². The van der Waals surface area contributed by atoms with Gasteiger partial charge in [-0.1, -0.05) is 48.4 Å². The Kier molecular flexibility index (Phi) is 5.78. The first-order valence-corrected chi connectivity index (χ1v) is 9.86. The Morgan fingerprint density at radius 3 is 2.80 bits per heavy atom. The van der Waals surface area contributed by atoms with E-state index in [9.17, 15) is 4.79 Å². The third-order valence-corrected chi connectivity index (χ3v) is 5.71. The summed E-state index contributed by atoms with van der Waals surface area (Å²) in [5.41, 5.74) is 3.66. The van der Waals surface area contributed by atoms with Crippen LogP contribution in [0.5, 0.6) is 0 Å². The van der Waals surface area contributed by atoms with Gasteiger partial charge >= 0.3 is 0 Å². The van der Waals surface area contributed by atoms with Crippen molar-refractivity contribution in [1.82, 2.24) is 20.1 Å². The second kappa shape index (κ2) is 8.04. The van der Waals surface area contributed by atoms with Gasteiger partial charge in [-0.15, -0.1) is 5.10 Å². The van der Waals surface area contributed by atoms with Gasteiger partial charge in [0.05, 0.1) is 5.75 Å². The van der Waals surface area contributed by atoms with Gasteiger partial charge in [-0.05, 0) is 37.8 Å². The second-order valence-electron chi connectivity index (χ2n) is 6.95. The molecule has 0 saturated heterocycles. The first-order chi connectivity index (χ1) is 12.0. The second-order valence-corrected chi connectivity index (χ2v) is 7.90. The number of hydrogen-bond donors (Lipinski definition) is 1. The van der Waals surface area contributed by atoms with Crippen LogP contribution in [0.25, 0.3) is 0 Å². The number of benzene rings is 1. The van der Waals surface area contributed by atoms with Gasteiger partial charge in [-0.3, -0.25) is 9.89 Å². The van der Waals surface area contributed by atoms with Crippen LogP contribution in [0, 0.1) is 13.8 Å². The van der Waals surface area contributed by atoms with Gasteiger partial charge in [0.15, 0.2) is 0 Å². The molecular weight excluding hydrogens is 332 g/mol. The average molecular weight is 359 g/mol. The fraction of sp³-hybridized carbons (Fsp3) is 0.526. The molecule has 1 aromatic carbocycles. The van der Waals surface area contributed by atoms with Crippen molar-refractivity contribution in [3.05, 3.63) is 40.7 Å². The minimum absolute atomic E-state index is 0.0946. The Morgan fingerprint density at radius 2 is 2.08 bits per heavy atom. The summed E-state index contributed by atoms with van der Waals surface area (Å²) in [7, 11) is 1.85. The quantitative estimate of drug-likeness (QED) is 0.797. The third kappa shape index (κ3) is 4.63. The van der Waals surface area contributed by atoms with Crippen molar-refractivity contribution < 1.29 is 4.79 Å². The van der Waals surface area contributed by atoms with Crippen LogP contribution < -0.4 is 0 Å². The number of H-pyrrole nitrogens is 1. The Hall–Kier alpha value is -1.82. The number of amides is 1. The Labute approximate surface area is 153 Å². The van der Waals surface area contributed by atoms with E-state index in [0.29, 0.717) is 23.4 Å². The standard InChI is InChI=1S/C19H26N4OS/c1-13-8-9-16(14(2)10-13)11-23(3)17(24)12-25-19-20-18(21-22-19)15-6-4-5-7-15/h8-10,15H,4-7,11-12H2,1-3H3,(H,20,21,22). The van der Waals surface area contributed by atoms with E-state index >= 15 is 0 Å². The molecule has 0 radical (unpaired) electrons. The number of rotatable bonds is 6. The molecule has 2 aromatic rings. The number of aryl methyl sites for hydroxylation is 2. The van der Waals surface area contributed by atoms with Gasteiger partial charge in [0.25, 0.3) is 0 Å². The summed E-state index contributed by atoms with van der Waals surface area (Å²) < 4.78 is 0. The smallest absolute Gasteiger partial charge is 0.233 e. The lowest BCUT2D eigenvalue weighted by Crippen LogP contribution is -2.28. The molecule has 3 rings (SSSR count). The lowest BCUT2D eigenvalue weighted by atomic mass is 10.1. The largest absolute Gasteiger partial charge is 0.341 e. The maximum atomic E-state index is 12.4. The molecule has 25 heavy (non-hydrogen) atoms. The summed E-state index contributed by atoms with van der Waals surface area (Å²) >= 11 is 1.41. The molecule has 0 spiro atoms. The van der Waals surface area contributed by atoms with Crippen LogP contribution in [0.3, 0.4) is 0 Å². The molecule has 1 aliphatic carbocycles. The highest BCUT2D eigenvalue weighted by Crippen LogP contribution is 2.32. The molecule has 1 heterocycles. The van der Waals surface area contributed by atoms with Gasteiger partial charge in [0.1, 0.15) is 5.82 Å². The maximum Gasteiger partial charge on any atom is 0.233 e. The van der Waals surface area contributed by atoms with Crippen LogP contribution in [-0.2, 0) is 11.3 Å². The summed E-state index contributed by atoms with van der Waals surface area (Å²) in [5.74, 6) is 1.96. The minimum atomic E-state index is 0.0946. The molecule has 0 atom stereocenters. The summed E-state index contributed by atoms with van der Waals surface area (Å²) in [6, 6.07) is 6.35. The van der Waals surface area contributed by atoms with Gasteiger partial charge in [-0.2, -0.15) is 0 Å². The van der Waals surface area contributed by atoms with E-state index < -0.39 is 0 Å². The first-order valence-electron chi connectivity index (χ1n) is 8.88. The Bertz CT molecular complexity index is 737. The molecule has 5 nitrogen and oxygen atoms in total. The maximum absolute atomic E-state index is 12.4. The number of aromatic nitrogens is 3. The lowest BCUT2D eigenvalue weighted by Gasteiger charge is -2.18. The van der Waals surface area contributed by atoms with E-state index in [2.05, 4.69) is 47.2 Å². The fourth-order valence-corrected chi connectivity index (χ4v) is 4.05. The van der Waals surface area contributed by atoms with E-state index in [1.165, 1.54) is 54.1 Å². The summed E-state index contributed by atoms with van der Waals surface area (Å²) in [4.78, 5) is 18.7. The summed E-state index contributed by atoms with van der Waals surface area (Å²) in [6.45, 7) is 4.80. The highest BCUT2D eigenvalue weighted by Gasteiger charge is 2.21. The number of nitrogens with zero attached hydrogens (tertiary/aromatic N) is 3. The first kappa shape index (κ1) is 18.0. The van der Waals surface area contributed by atoms with Crippen molar-refractivity contribution in [2.75, 3.05) is 12.8 Å². The SMILES string of the molecule is Cc1ccc(CN(C)C(=O)CSc2n[nH]c(C3CCCC3)n2)c(C)c1. The monoisotopic (exact) mass is 358 g/mol. The highest BCUT2D eigenvalue weighted by molar-refractivity contribution is 7.99. The average Bonchev–Trinajstić information content (AvgIpc) is 3.26. The van der Waals surface area contributed by atoms with Crippen molar-refractivity contribution in [3.8, 4) is 0 Å². The Morgan fingerprint density at radius 1 is 1.32 bits per heavy atom. The summed E-state index contributed by atoms with van der Waals surface area (Å²) in [6.07, 6.45) is 4.93. The van der Waals surface area contributed by atoms with Crippen LogP contribution in [0.15, 0.2) is 23.4 Å². The molecule has 6 heteroatoms. The number of hydrogen-bond acceptors (Lipinski definition) is 4. The van der Waals surface area contributed by atoms with Gasteiger partial charge < -0.3 is 4.90 Å². The van der Waals surface area contributed by atoms with E-state index in [4.69, 9.17) is 0 Å². The number of aromatic amines is 1. The van der Waals surface area contributed by atoms with Gasteiger partial charge in [-0.25, -0.2) is 4.98 Å². The minimum Gasteiger partial charge on any atom is -0.341 e. The van der Waals surface area contributed by atoms with E-state index in [-0.39, 0.29) is 5.91 Å². The zero-order chi connectivity index (χ0) is 17.8. The zero-order valence-corrected chi connectivity index (χ0v) is 16.0. The molecule has 1 aromatic heterocycles. The normalized spacial score (nSPS) is 14.8. The van der Waals surface area contributed by atoms with Crippen molar-refractivity contribution in [1.29, 1.82) is 0 Å². The van der Waals surface area contributed by atoms with E-state index in [1.54, 1.807) is 4.90 Å². The molecule has 1 saturated carbocycles. The van der Waals surface area contributed by atoms with Crippen molar-refractivity contribution in [3.63, 3.8) is 0 Å². The van der Waals surface area contributed by atoms with E-state index in [0.717, 1.165) is 5.82 Å². The zero-order valence-electron chi connectivity index (χ0n) is 15.2. The Balaban J connectivity index is 1.51. The molecule has 134 valence electrons. The molecule has 1 fully saturated rings. The number of carbonyl (C=O) groups excluding carboxylic acids is 1. The molecule has 0 bridgehead atoms. The van der Waals surface area contributed by atoms with Gasteiger partial charge in [0.2, 0.25) is 11.1 Å². The molecule has 1 amide bonds. The van der Waals surface area contributed by atoms with Gasteiger partial charge in [0, 0.05) is 19.5 Å². The molecule has 0 unspecified atom stereocenters. The fourth-order valence-electron chi connectivity index (χ4n) is 3.31. The van der Waals surface area contributed by atoms with Crippen LogP contribution in [-0.4, -0.2) is 38.8 Å². The predicted molar refractivity (Wildman–Crippen MR) is 101 cm³/mol. The van der Waals surface area contributed by atoms with Crippen molar-refractivity contribution in [2.24, 2.45) is 0 Å². The topological polar surface area (TPSA) is 61.9 Å². The van der Waals surface area contributed by atoms with Crippen LogP contribution >= 0.6 is 11.8 Å². The van der Waals surface area contributed by atoms with Crippen LogP contribution in [0.2, 0.25) is 0 Å². The number of thioether (sulfide) groups is 1. The molecule has 0 aliphatic heterocycles. The molecular formula is C19H26N4OS. The molecule has 1 N–H and O–H groups in total. The van der Waals surface area contributed by atoms with Crippen molar-refractivity contribution in [2.45, 2.75) is 57.1 Å². The number of nitrogens with one attached hydrogen (secondary N) is 1. The summed E-state index contributed by atoms with van der Waals surface area (Å²) in [5, 5.41) is 7.98. The van der Waals surface area contributed by atoms with Crippen molar-refractivity contribution >= 4 is 17.7 Å². The predicted octanol–water partition coefficient (Wildman–Crippen LogP) is 3.83. The number of carbonyl (C=O) groups is 1. The van der Waals surface area contributed by atoms with E-state index in [1.807, 2.05) is 7.05 Å². The molecule has 1 aliphatic rings. The highest BCUT2D eigenvalue weighted by atomic mass is 32.2. The lowest BCUT2D eigenvalue weighted by molar-refractivity contribution is -0.127. The van der Waals surface area contributed by atoms with Crippen LogP contribution in [0.1, 0.15) is 54.1 Å².